The van der Waals surface area contributed by atoms with E-state index in [1.165, 1.54) is 11.1 Å². The Labute approximate surface area is 115 Å². The summed E-state index contributed by atoms with van der Waals surface area (Å²) in [5.74, 6) is -0.320. The molecule has 1 amide bonds. The summed E-state index contributed by atoms with van der Waals surface area (Å²) in [6.07, 6.45) is 4.71. The highest BCUT2D eigenvalue weighted by molar-refractivity contribution is 5.97. The molecule has 5 nitrogen and oxygen atoms in total. The Hall–Kier alpha value is -2.06. The van der Waals surface area contributed by atoms with Crippen molar-refractivity contribution < 1.29 is 4.79 Å². The van der Waals surface area contributed by atoms with E-state index in [4.69, 9.17) is 5.26 Å². The number of likely N-dealkylation sites (N-methyl/N-ethyl adjacent to an activating group) is 1. The maximum atomic E-state index is 12.1. The highest BCUT2D eigenvalue weighted by Crippen LogP contribution is 2.01. The van der Waals surface area contributed by atoms with E-state index >= 15 is 0 Å². The van der Waals surface area contributed by atoms with E-state index in [1.807, 2.05) is 25.1 Å². The zero-order chi connectivity index (χ0) is 14.7. The Morgan fingerprint density at radius 1 is 1.32 bits per heavy atom. The summed E-state index contributed by atoms with van der Waals surface area (Å²) in [6, 6.07) is 1.91. The van der Waals surface area contributed by atoms with Crippen LogP contribution in [0, 0.1) is 11.3 Å². The number of carbonyl (C=O) groups is 1. The van der Waals surface area contributed by atoms with Crippen LogP contribution in [0.25, 0.3) is 0 Å². The van der Waals surface area contributed by atoms with Crippen LogP contribution in [0.2, 0.25) is 0 Å². The molecule has 0 rings (SSSR count). The molecular formula is C14H22N4O. The normalized spacial score (nSPS) is 10.7. The molecule has 0 aromatic rings. The molecule has 104 valence electrons. The van der Waals surface area contributed by atoms with Gasteiger partial charge in [0.05, 0.1) is 0 Å². The average Bonchev–Trinajstić information content (AvgIpc) is 2.37. The van der Waals surface area contributed by atoms with Gasteiger partial charge in [0.15, 0.2) is 0 Å². The highest BCUT2D eigenvalue weighted by Gasteiger charge is 2.15. The van der Waals surface area contributed by atoms with Gasteiger partial charge in [-0.2, -0.15) is 5.26 Å². The highest BCUT2D eigenvalue weighted by atomic mass is 16.2. The van der Waals surface area contributed by atoms with Gasteiger partial charge in [-0.1, -0.05) is 12.2 Å². The van der Waals surface area contributed by atoms with Crippen LogP contribution < -0.4 is 5.32 Å². The van der Waals surface area contributed by atoms with Crippen molar-refractivity contribution in [1.29, 1.82) is 5.26 Å². The number of amides is 1. The van der Waals surface area contributed by atoms with Crippen molar-refractivity contribution in [3.8, 4) is 6.07 Å². The van der Waals surface area contributed by atoms with Crippen molar-refractivity contribution in [2.24, 2.45) is 0 Å². The summed E-state index contributed by atoms with van der Waals surface area (Å²) in [5, 5.41) is 12.0. The summed E-state index contributed by atoms with van der Waals surface area (Å²) in [6.45, 7) is 9.47. The molecule has 0 aromatic heterocycles. The van der Waals surface area contributed by atoms with E-state index in [2.05, 4.69) is 18.5 Å². The fourth-order valence-corrected chi connectivity index (χ4v) is 1.33. The Bertz CT molecular complexity index is 369. The quantitative estimate of drug-likeness (QED) is 0.288. The summed E-state index contributed by atoms with van der Waals surface area (Å²) in [5.41, 5.74) is 0.0856. The molecule has 0 aliphatic carbocycles. The smallest absolute Gasteiger partial charge is 0.266 e. The third-order valence-electron chi connectivity index (χ3n) is 2.29. The zero-order valence-electron chi connectivity index (χ0n) is 11.7. The topological polar surface area (TPSA) is 59.4 Å². The zero-order valence-corrected chi connectivity index (χ0v) is 11.7. The van der Waals surface area contributed by atoms with Gasteiger partial charge in [0.25, 0.3) is 5.91 Å². The number of nitriles is 1. The predicted octanol–water partition coefficient (Wildman–Crippen LogP) is 0.746. The first-order chi connectivity index (χ1) is 9.06. The maximum absolute atomic E-state index is 12.1. The average molecular weight is 262 g/mol. The third kappa shape index (κ3) is 7.06. The van der Waals surface area contributed by atoms with Gasteiger partial charge in [-0.05, 0) is 14.1 Å². The maximum Gasteiger partial charge on any atom is 0.266 e. The molecule has 5 heteroatoms. The lowest BCUT2D eigenvalue weighted by Crippen LogP contribution is -2.33. The fourth-order valence-electron chi connectivity index (χ4n) is 1.33. The number of nitrogens with zero attached hydrogens (tertiary/aromatic N) is 3. The summed E-state index contributed by atoms with van der Waals surface area (Å²) >= 11 is 0. The molecule has 0 fully saturated rings. The first-order valence-corrected chi connectivity index (χ1v) is 6.06. The lowest BCUT2D eigenvalue weighted by Gasteiger charge is -2.18. The lowest BCUT2D eigenvalue weighted by atomic mass is 10.2. The molecule has 0 heterocycles. The lowest BCUT2D eigenvalue weighted by molar-refractivity contribution is -0.125. The van der Waals surface area contributed by atoms with Crippen molar-refractivity contribution in [1.82, 2.24) is 15.1 Å². The number of rotatable bonds is 9. The number of nitrogens with one attached hydrogen (secondary N) is 1. The van der Waals surface area contributed by atoms with Gasteiger partial charge < -0.3 is 15.1 Å². The van der Waals surface area contributed by atoms with E-state index in [0.717, 1.165) is 6.54 Å². The molecule has 0 aliphatic rings. The minimum Gasteiger partial charge on any atom is -0.388 e. The van der Waals surface area contributed by atoms with Crippen molar-refractivity contribution in [2.45, 2.75) is 0 Å². The summed E-state index contributed by atoms with van der Waals surface area (Å²) < 4.78 is 0. The molecular weight excluding hydrogens is 240 g/mol. The first-order valence-electron chi connectivity index (χ1n) is 6.06. The SMILES string of the molecule is C=CCN(CC=C)C(=O)/C(C#N)=C\NCCN(C)C. The van der Waals surface area contributed by atoms with Crippen LogP contribution in [-0.4, -0.2) is 56.0 Å². The number of hydrogen-bond acceptors (Lipinski definition) is 4. The second-order valence-corrected chi connectivity index (χ2v) is 4.21. The molecule has 0 bridgehead atoms. The largest absolute Gasteiger partial charge is 0.388 e. The van der Waals surface area contributed by atoms with E-state index < -0.39 is 0 Å². The van der Waals surface area contributed by atoms with Crippen LogP contribution in [0.1, 0.15) is 0 Å². The van der Waals surface area contributed by atoms with Crippen molar-refractivity contribution in [3.63, 3.8) is 0 Å². The molecule has 0 saturated carbocycles. The first kappa shape index (κ1) is 16.9. The van der Waals surface area contributed by atoms with E-state index in [-0.39, 0.29) is 11.5 Å². The second kappa shape index (κ2) is 9.92. The van der Waals surface area contributed by atoms with Crippen LogP contribution in [0.15, 0.2) is 37.1 Å². The van der Waals surface area contributed by atoms with Crippen molar-refractivity contribution in [3.05, 3.63) is 37.1 Å². The van der Waals surface area contributed by atoms with Crippen LogP contribution in [0.3, 0.4) is 0 Å². The molecule has 0 saturated heterocycles. The van der Waals surface area contributed by atoms with Crippen molar-refractivity contribution >= 4 is 5.91 Å². The third-order valence-corrected chi connectivity index (χ3v) is 2.29. The van der Waals surface area contributed by atoms with Gasteiger partial charge >= 0.3 is 0 Å². The van der Waals surface area contributed by atoms with Crippen LogP contribution in [0.4, 0.5) is 0 Å². The molecule has 19 heavy (non-hydrogen) atoms. The van der Waals surface area contributed by atoms with E-state index in [9.17, 15) is 4.79 Å². The predicted molar refractivity (Wildman–Crippen MR) is 77.2 cm³/mol. The van der Waals surface area contributed by atoms with Crippen molar-refractivity contribution in [2.75, 3.05) is 40.3 Å². The monoisotopic (exact) mass is 262 g/mol. The molecule has 0 unspecified atom stereocenters. The Kier molecular flexibility index (Phi) is 8.84. The van der Waals surface area contributed by atoms with Gasteiger partial charge in [-0.3, -0.25) is 4.79 Å². The number of hydrogen-bond donors (Lipinski definition) is 1. The minimum atomic E-state index is -0.320. The second-order valence-electron chi connectivity index (χ2n) is 4.21. The summed E-state index contributed by atoms with van der Waals surface area (Å²) in [7, 11) is 3.91. The van der Waals surface area contributed by atoms with Gasteiger partial charge in [0.1, 0.15) is 11.6 Å². The molecule has 0 aliphatic heterocycles. The van der Waals surface area contributed by atoms with Gasteiger partial charge in [-0.15, -0.1) is 13.2 Å². The van der Waals surface area contributed by atoms with Gasteiger partial charge in [0.2, 0.25) is 0 Å². The molecule has 0 spiro atoms. The van der Waals surface area contributed by atoms with Crippen LogP contribution in [0.5, 0.6) is 0 Å². The van der Waals surface area contributed by atoms with Crippen LogP contribution in [-0.2, 0) is 4.79 Å². The van der Waals surface area contributed by atoms with Gasteiger partial charge in [0, 0.05) is 32.4 Å². The van der Waals surface area contributed by atoms with Gasteiger partial charge in [-0.25, -0.2) is 0 Å². The van der Waals surface area contributed by atoms with E-state index in [1.54, 1.807) is 12.2 Å². The van der Waals surface area contributed by atoms with E-state index in [0.29, 0.717) is 19.6 Å². The number of carbonyl (C=O) groups excluding carboxylic acids is 1. The molecule has 0 atom stereocenters. The molecule has 1 N–H and O–H groups in total. The standard InChI is InChI=1S/C14H22N4O/c1-5-8-18(9-6-2)14(19)13(11-15)12-16-7-10-17(3)4/h5-6,12,16H,1-2,7-10H2,3-4H3/b13-12-. The molecule has 0 radical (unpaired) electrons. The minimum absolute atomic E-state index is 0.0856. The van der Waals surface area contributed by atoms with Crippen LogP contribution >= 0.6 is 0 Å². The Morgan fingerprint density at radius 2 is 1.89 bits per heavy atom. The molecule has 0 aromatic carbocycles. The fraction of sp³-hybridized carbons (Fsp3) is 0.429. The Balaban J connectivity index is 4.59. The summed E-state index contributed by atoms with van der Waals surface area (Å²) in [4.78, 5) is 15.6. The Morgan fingerprint density at radius 3 is 2.32 bits per heavy atom.